The van der Waals surface area contributed by atoms with Crippen LogP contribution in [-0.2, 0) is 14.8 Å². The first kappa shape index (κ1) is 17.0. The summed E-state index contributed by atoms with van der Waals surface area (Å²) < 4.78 is 31.4. The van der Waals surface area contributed by atoms with Crippen LogP contribution in [0, 0.1) is 0 Å². The summed E-state index contributed by atoms with van der Waals surface area (Å²) in [4.78, 5) is 11.5. The second kappa shape index (κ2) is 7.26. The summed E-state index contributed by atoms with van der Waals surface area (Å²) in [7, 11) is -2.69. The molecule has 0 saturated carbocycles. The first-order valence-corrected chi connectivity index (χ1v) is 8.31. The van der Waals surface area contributed by atoms with Gasteiger partial charge < -0.3 is 9.84 Å². The molecule has 0 heterocycles. The van der Waals surface area contributed by atoms with Crippen LogP contribution in [-0.4, -0.2) is 39.8 Å². The Morgan fingerprint density at radius 1 is 1.13 bits per heavy atom. The Balaban J connectivity index is 2.48. The zero-order chi connectivity index (χ0) is 16.9. The Bertz CT molecular complexity index is 774. The van der Waals surface area contributed by atoms with E-state index in [1.165, 1.54) is 31.4 Å². The molecule has 0 bridgehead atoms. The van der Waals surface area contributed by atoms with E-state index in [1.54, 1.807) is 30.3 Å². The van der Waals surface area contributed by atoms with Gasteiger partial charge in [0.05, 0.1) is 36.4 Å². The molecule has 0 radical (unpaired) electrons. The molecule has 23 heavy (non-hydrogen) atoms. The number of carbonyl (C=O) groups is 1. The van der Waals surface area contributed by atoms with E-state index in [0.29, 0.717) is 5.69 Å². The van der Waals surface area contributed by atoms with Crippen molar-refractivity contribution in [3.8, 4) is 0 Å². The lowest BCUT2D eigenvalue weighted by atomic mass is 10.2. The van der Waals surface area contributed by atoms with Crippen LogP contribution in [0.5, 0.6) is 0 Å². The molecule has 0 amide bonds. The molecule has 0 saturated heterocycles. The molecule has 0 aromatic heterocycles. The predicted molar refractivity (Wildman–Crippen MR) is 85.8 cm³/mol. The molecule has 0 aliphatic carbocycles. The fourth-order valence-corrected chi connectivity index (χ4v) is 3.60. The van der Waals surface area contributed by atoms with Gasteiger partial charge >= 0.3 is 5.97 Å². The third kappa shape index (κ3) is 3.69. The number of para-hydroxylation sites is 1. The van der Waals surface area contributed by atoms with Crippen molar-refractivity contribution >= 4 is 21.7 Å². The van der Waals surface area contributed by atoms with Crippen molar-refractivity contribution in [1.82, 2.24) is 0 Å². The lowest BCUT2D eigenvalue weighted by Crippen LogP contribution is -2.33. The van der Waals surface area contributed by atoms with Crippen LogP contribution in [0.4, 0.5) is 5.69 Å². The molecule has 0 unspecified atom stereocenters. The number of aliphatic hydroxyl groups excluding tert-OH is 1. The van der Waals surface area contributed by atoms with Crippen molar-refractivity contribution in [2.24, 2.45) is 0 Å². The average molecular weight is 335 g/mol. The number of nitrogens with zero attached hydrogens (tertiary/aromatic N) is 1. The smallest absolute Gasteiger partial charge is 0.337 e. The highest BCUT2D eigenvalue weighted by molar-refractivity contribution is 7.92. The van der Waals surface area contributed by atoms with Crippen LogP contribution in [0.15, 0.2) is 59.5 Å². The van der Waals surface area contributed by atoms with Crippen molar-refractivity contribution in [2.75, 3.05) is 24.6 Å². The topological polar surface area (TPSA) is 83.9 Å². The number of anilines is 1. The number of methoxy groups -OCH3 is 1. The number of ether oxygens (including phenoxy) is 1. The Hall–Kier alpha value is -2.38. The number of sulfonamides is 1. The van der Waals surface area contributed by atoms with Crippen LogP contribution in [0.1, 0.15) is 10.4 Å². The average Bonchev–Trinajstić information content (AvgIpc) is 2.59. The van der Waals surface area contributed by atoms with E-state index < -0.39 is 16.0 Å². The van der Waals surface area contributed by atoms with Gasteiger partial charge in [-0.25, -0.2) is 13.2 Å². The molecule has 0 aliphatic heterocycles. The second-order valence-corrected chi connectivity index (χ2v) is 6.52. The van der Waals surface area contributed by atoms with Crippen LogP contribution < -0.4 is 4.31 Å². The van der Waals surface area contributed by atoms with Gasteiger partial charge in [0, 0.05) is 0 Å². The number of benzene rings is 2. The number of carbonyl (C=O) groups excluding carboxylic acids is 1. The van der Waals surface area contributed by atoms with Gasteiger partial charge in [-0.1, -0.05) is 24.3 Å². The third-order valence-corrected chi connectivity index (χ3v) is 5.01. The summed E-state index contributed by atoms with van der Waals surface area (Å²) in [6.07, 6.45) is 0. The minimum Gasteiger partial charge on any atom is -0.465 e. The number of rotatable bonds is 6. The Morgan fingerprint density at radius 3 is 2.43 bits per heavy atom. The molecule has 0 atom stereocenters. The summed E-state index contributed by atoms with van der Waals surface area (Å²) in [6.45, 7) is -0.417. The summed E-state index contributed by atoms with van der Waals surface area (Å²) in [5, 5.41) is 9.21. The van der Waals surface area contributed by atoms with E-state index in [4.69, 9.17) is 0 Å². The van der Waals surface area contributed by atoms with Crippen molar-refractivity contribution in [1.29, 1.82) is 0 Å². The summed E-state index contributed by atoms with van der Waals surface area (Å²) >= 11 is 0. The lowest BCUT2D eigenvalue weighted by molar-refractivity contribution is 0.0600. The van der Waals surface area contributed by atoms with Gasteiger partial charge in [0.2, 0.25) is 0 Å². The maximum Gasteiger partial charge on any atom is 0.337 e. The fraction of sp³-hybridized carbons (Fsp3) is 0.188. The van der Waals surface area contributed by atoms with Gasteiger partial charge in [0.25, 0.3) is 10.0 Å². The van der Waals surface area contributed by atoms with Crippen molar-refractivity contribution in [3.63, 3.8) is 0 Å². The van der Waals surface area contributed by atoms with E-state index in [-0.39, 0.29) is 23.6 Å². The van der Waals surface area contributed by atoms with Gasteiger partial charge in [0.15, 0.2) is 0 Å². The molecule has 2 aromatic carbocycles. The third-order valence-electron chi connectivity index (χ3n) is 3.19. The molecule has 1 N–H and O–H groups in total. The normalized spacial score (nSPS) is 11.0. The minimum atomic E-state index is -3.91. The molecule has 122 valence electrons. The van der Waals surface area contributed by atoms with E-state index in [9.17, 15) is 18.3 Å². The highest BCUT2D eigenvalue weighted by Crippen LogP contribution is 2.23. The van der Waals surface area contributed by atoms with E-state index in [1.807, 2.05) is 0 Å². The van der Waals surface area contributed by atoms with E-state index >= 15 is 0 Å². The highest BCUT2D eigenvalue weighted by Gasteiger charge is 2.25. The van der Waals surface area contributed by atoms with Gasteiger partial charge in [0.1, 0.15) is 0 Å². The first-order valence-electron chi connectivity index (χ1n) is 6.87. The first-order chi connectivity index (χ1) is 11.0. The SMILES string of the molecule is COC(=O)c1cccc(S(=O)(=O)N(CCO)c2ccccc2)c1. The van der Waals surface area contributed by atoms with Crippen LogP contribution in [0.25, 0.3) is 0 Å². The van der Waals surface area contributed by atoms with Gasteiger partial charge in [-0.15, -0.1) is 0 Å². The van der Waals surface area contributed by atoms with Gasteiger partial charge in [-0.05, 0) is 30.3 Å². The number of hydrogen-bond acceptors (Lipinski definition) is 5. The second-order valence-electron chi connectivity index (χ2n) is 4.66. The zero-order valence-electron chi connectivity index (χ0n) is 12.5. The summed E-state index contributed by atoms with van der Waals surface area (Å²) in [5.41, 5.74) is 0.579. The fourth-order valence-electron chi connectivity index (χ4n) is 2.10. The molecule has 0 spiro atoms. The number of hydrogen-bond donors (Lipinski definition) is 1. The molecule has 7 heteroatoms. The van der Waals surface area contributed by atoms with Crippen molar-refractivity contribution in [2.45, 2.75) is 4.90 Å². The van der Waals surface area contributed by atoms with Crippen molar-refractivity contribution < 1.29 is 23.1 Å². The molecule has 2 rings (SSSR count). The minimum absolute atomic E-state index is 0.0438. The molecule has 2 aromatic rings. The standard InChI is InChI=1S/C16H17NO5S/c1-22-16(19)13-6-5-9-15(12-13)23(20,21)17(10-11-18)14-7-3-2-4-8-14/h2-9,12,18H,10-11H2,1H3. The quantitative estimate of drug-likeness (QED) is 0.812. The summed E-state index contributed by atoms with van der Waals surface area (Å²) in [5.74, 6) is -0.615. The Labute approximate surface area is 135 Å². The zero-order valence-corrected chi connectivity index (χ0v) is 13.4. The Kier molecular flexibility index (Phi) is 5.36. The van der Waals surface area contributed by atoms with E-state index in [2.05, 4.69) is 4.74 Å². The van der Waals surface area contributed by atoms with Crippen LogP contribution >= 0.6 is 0 Å². The molecular weight excluding hydrogens is 318 g/mol. The maximum atomic E-state index is 12.8. The molecule has 0 fully saturated rings. The lowest BCUT2D eigenvalue weighted by Gasteiger charge is -2.23. The molecular formula is C16H17NO5S. The maximum absolute atomic E-state index is 12.8. The molecule has 6 nitrogen and oxygen atoms in total. The monoisotopic (exact) mass is 335 g/mol. The van der Waals surface area contributed by atoms with Gasteiger partial charge in [-0.3, -0.25) is 4.31 Å². The van der Waals surface area contributed by atoms with Crippen LogP contribution in [0.3, 0.4) is 0 Å². The van der Waals surface area contributed by atoms with Gasteiger partial charge in [-0.2, -0.15) is 0 Å². The number of aliphatic hydroxyl groups is 1. The summed E-state index contributed by atoms with van der Waals surface area (Å²) in [6, 6.07) is 14.1. The van der Waals surface area contributed by atoms with Crippen LogP contribution in [0.2, 0.25) is 0 Å². The molecule has 0 aliphatic rings. The number of esters is 1. The van der Waals surface area contributed by atoms with Crippen molar-refractivity contribution in [3.05, 3.63) is 60.2 Å². The Morgan fingerprint density at radius 2 is 1.83 bits per heavy atom. The predicted octanol–water partition coefficient (Wildman–Crippen LogP) is 1.66. The largest absolute Gasteiger partial charge is 0.465 e. The van der Waals surface area contributed by atoms with E-state index in [0.717, 1.165) is 4.31 Å². The highest BCUT2D eigenvalue weighted by atomic mass is 32.2.